The van der Waals surface area contributed by atoms with Crippen LogP contribution in [0.4, 0.5) is 0 Å². The van der Waals surface area contributed by atoms with Gasteiger partial charge in [-0.3, -0.25) is 9.59 Å². The molecule has 0 spiro atoms. The van der Waals surface area contributed by atoms with Gasteiger partial charge in [0.1, 0.15) is 5.78 Å². The Morgan fingerprint density at radius 1 is 0.826 bits per heavy atom. The molecular formula is C19H36O4. The number of aliphatic carboxylic acids is 1. The van der Waals surface area contributed by atoms with Gasteiger partial charge in [0.15, 0.2) is 0 Å². The summed E-state index contributed by atoms with van der Waals surface area (Å²) in [6.07, 6.45) is 11.7. The van der Waals surface area contributed by atoms with Gasteiger partial charge in [-0.2, -0.15) is 0 Å². The predicted molar refractivity (Wildman–Crippen MR) is 93.5 cm³/mol. The van der Waals surface area contributed by atoms with Gasteiger partial charge >= 0.3 is 5.97 Å². The minimum Gasteiger partial charge on any atom is -0.481 e. The third-order valence-electron chi connectivity index (χ3n) is 4.48. The number of aliphatic hydroxyl groups is 1. The topological polar surface area (TPSA) is 74.6 Å². The van der Waals surface area contributed by atoms with Crippen LogP contribution < -0.4 is 0 Å². The summed E-state index contributed by atoms with van der Waals surface area (Å²) >= 11 is 0. The van der Waals surface area contributed by atoms with Crippen molar-refractivity contribution in [3.05, 3.63) is 0 Å². The molecule has 0 aromatic heterocycles. The number of carboxylic acids is 1. The van der Waals surface area contributed by atoms with Gasteiger partial charge in [-0.1, -0.05) is 51.9 Å². The van der Waals surface area contributed by atoms with E-state index in [-0.39, 0.29) is 24.2 Å². The van der Waals surface area contributed by atoms with Crippen molar-refractivity contribution < 1.29 is 19.8 Å². The SMILES string of the molecule is CCC[C@H](O)CCCCC[C@H](CCCCCCC(=O)O)C(C)=O. The highest BCUT2D eigenvalue weighted by atomic mass is 16.4. The molecule has 0 aromatic rings. The Morgan fingerprint density at radius 3 is 1.87 bits per heavy atom. The van der Waals surface area contributed by atoms with Crippen molar-refractivity contribution in [2.45, 2.75) is 103 Å². The molecule has 0 saturated carbocycles. The van der Waals surface area contributed by atoms with Crippen LogP contribution in [0.25, 0.3) is 0 Å². The molecule has 0 amide bonds. The minimum absolute atomic E-state index is 0.158. The molecule has 0 unspecified atom stereocenters. The highest BCUT2D eigenvalue weighted by Crippen LogP contribution is 2.20. The summed E-state index contributed by atoms with van der Waals surface area (Å²) in [5, 5.41) is 18.3. The van der Waals surface area contributed by atoms with Gasteiger partial charge < -0.3 is 10.2 Å². The van der Waals surface area contributed by atoms with Crippen LogP contribution in [-0.2, 0) is 9.59 Å². The highest BCUT2D eigenvalue weighted by Gasteiger charge is 2.13. The third-order valence-corrected chi connectivity index (χ3v) is 4.48. The number of carbonyl (C=O) groups excluding carboxylic acids is 1. The fraction of sp³-hybridized carbons (Fsp3) is 0.895. The van der Waals surface area contributed by atoms with Crippen LogP contribution in [0.1, 0.15) is 97.3 Å². The molecule has 0 fully saturated rings. The second-order valence-electron chi connectivity index (χ2n) is 6.73. The molecule has 2 atom stereocenters. The van der Waals surface area contributed by atoms with E-state index in [0.717, 1.165) is 77.0 Å². The summed E-state index contributed by atoms with van der Waals surface area (Å²) in [6, 6.07) is 0. The van der Waals surface area contributed by atoms with E-state index < -0.39 is 5.97 Å². The minimum atomic E-state index is -0.726. The van der Waals surface area contributed by atoms with Crippen molar-refractivity contribution in [2.75, 3.05) is 0 Å². The first-order valence-corrected chi connectivity index (χ1v) is 9.37. The predicted octanol–water partition coefficient (Wildman–Crippen LogP) is 4.73. The van der Waals surface area contributed by atoms with E-state index in [9.17, 15) is 14.7 Å². The number of ketones is 1. The quantitative estimate of drug-likeness (QED) is 0.402. The lowest BCUT2D eigenvalue weighted by Gasteiger charge is -2.14. The van der Waals surface area contributed by atoms with Crippen LogP contribution in [-0.4, -0.2) is 28.1 Å². The van der Waals surface area contributed by atoms with Crippen molar-refractivity contribution in [1.29, 1.82) is 0 Å². The van der Waals surface area contributed by atoms with E-state index in [2.05, 4.69) is 6.92 Å². The Balaban J connectivity index is 3.66. The Bertz CT molecular complexity index is 314. The molecule has 136 valence electrons. The number of rotatable bonds is 16. The zero-order valence-electron chi connectivity index (χ0n) is 15.1. The first-order chi connectivity index (χ1) is 11.0. The normalized spacial score (nSPS) is 13.7. The number of Topliss-reactive ketones (excluding diaryl/α,β-unsaturated/α-hetero) is 1. The largest absolute Gasteiger partial charge is 0.481 e. The Hall–Kier alpha value is -0.900. The van der Waals surface area contributed by atoms with E-state index >= 15 is 0 Å². The van der Waals surface area contributed by atoms with E-state index in [4.69, 9.17) is 5.11 Å². The van der Waals surface area contributed by atoms with Gasteiger partial charge in [-0.15, -0.1) is 0 Å². The fourth-order valence-corrected chi connectivity index (χ4v) is 3.00. The van der Waals surface area contributed by atoms with Crippen molar-refractivity contribution in [1.82, 2.24) is 0 Å². The van der Waals surface area contributed by atoms with Crippen molar-refractivity contribution in [3.8, 4) is 0 Å². The maximum Gasteiger partial charge on any atom is 0.303 e. The van der Waals surface area contributed by atoms with E-state index in [0.29, 0.717) is 0 Å². The lowest BCUT2D eigenvalue weighted by molar-refractivity contribution is -0.137. The average Bonchev–Trinajstić information content (AvgIpc) is 2.47. The maximum absolute atomic E-state index is 11.7. The molecule has 0 saturated heterocycles. The molecule has 0 bridgehead atoms. The molecule has 0 radical (unpaired) electrons. The molecule has 0 aromatic carbocycles. The summed E-state index contributed by atoms with van der Waals surface area (Å²) in [5.74, 6) is -0.285. The third kappa shape index (κ3) is 14.4. The number of aliphatic hydroxyl groups excluding tert-OH is 1. The Morgan fingerprint density at radius 2 is 1.35 bits per heavy atom. The number of carboxylic acid groups (broad SMARTS) is 1. The van der Waals surface area contributed by atoms with E-state index in [1.54, 1.807) is 6.92 Å². The average molecular weight is 328 g/mol. The van der Waals surface area contributed by atoms with Crippen LogP contribution in [0.3, 0.4) is 0 Å². The van der Waals surface area contributed by atoms with Gasteiger partial charge in [-0.05, 0) is 39.0 Å². The Kier molecular flexibility index (Phi) is 14.1. The monoisotopic (exact) mass is 328 g/mol. The molecule has 0 aliphatic heterocycles. The zero-order chi connectivity index (χ0) is 17.5. The molecule has 0 heterocycles. The van der Waals surface area contributed by atoms with Crippen LogP contribution in [0.2, 0.25) is 0 Å². The summed E-state index contributed by atoms with van der Waals surface area (Å²) in [7, 11) is 0. The summed E-state index contributed by atoms with van der Waals surface area (Å²) in [6.45, 7) is 3.77. The van der Waals surface area contributed by atoms with E-state index in [1.165, 1.54) is 0 Å². The van der Waals surface area contributed by atoms with Gasteiger partial charge in [0, 0.05) is 12.3 Å². The standard InChI is InChI=1S/C19H36O4/c1-3-11-18(21)14-9-6-8-13-17(16(2)20)12-7-4-5-10-15-19(22)23/h17-18,21H,3-15H2,1-2H3,(H,22,23)/t17-,18-/m0/s1. The summed E-state index contributed by atoms with van der Waals surface area (Å²) in [4.78, 5) is 22.1. The van der Waals surface area contributed by atoms with Gasteiger partial charge in [0.2, 0.25) is 0 Å². The second kappa shape index (κ2) is 14.7. The molecule has 4 nitrogen and oxygen atoms in total. The Labute approximate surface area is 141 Å². The van der Waals surface area contributed by atoms with Crippen LogP contribution in [0, 0.1) is 5.92 Å². The van der Waals surface area contributed by atoms with Gasteiger partial charge in [-0.25, -0.2) is 0 Å². The highest BCUT2D eigenvalue weighted by molar-refractivity contribution is 5.78. The van der Waals surface area contributed by atoms with Crippen LogP contribution >= 0.6 is 0 Å². The smallest absolute Gasteiger partial charge is 0.303 e. The molecular weight excluding hydrogens is 292 g/mol. The lowest BCUT2D eigenvalue weighted by Crippen LogP contribution is -2.11. The van der Waals surface area contributed by atoms with Crippen LogP contribution in [0.5, 0.6) is 0 Å². The second-order valence-corrected chi connectivity index (χ2v) is 6.73. The first kappa shape index (κ1) is 22.1. The van der Waals surface area contributed by atoms with Crippen molar-refractivity contribution >= 4 is 11.8 Å². The van der Waals surface area contributed by atoms with Crippen molar-refractivity contribution in [2.24, 2.45) is 5.92 Å². The molecule has 4 heteroatoms. The lowest BCUT2D eigenvalue weighted by atomic mass is 9.91. The van der Waals surface area contributed by atoms with Gasteiger partial charge in [0.25, 0.3) is 0 Å². The maximum atomic E-state index is 11.7. The molecule has 23 heavy (non-hydrogen) atoms. The molecule has 0 aliphatic rings. The molecule has 0 rings (SSSR count). The fourth-order valence-electron chi connectivity index (χ4n) is 3.00. The van der Waals surface area contributed by atoms with Crippen molar-refractivity contribution in [3.63, 3.8) is 0 Å². The zero-order valence-corrected chi connectivity index (χ0v) is 15.1. The summed E-state index contributed by atoms with van der Waals surface area (Å²) in [5.41, 5.74) is 0. The first-order valence-electron chi connectivity index (χ1n) is 9.37. The summed E-state index contributed by atoms with van der Waals surface area (Å²) < 4.78 is 0. The number of hydrogen-bond acceptors (Lipinski definition) is 3. The number of unbranched alkanes of at least 4 members (excludes halogenated alkanes) is 5. The molecule has 2 N–H and O–H groups in total. The number of hydrogen-bond donors (Lipinski definition) is 2. The van der Waals surface area contributed by atoms with Crippen LogP contribution in [0.15, 0.2) is 0 Å². The van der Waals surface area contributed by atoms with E-state index in [1.807, 2.05) is 0 Å². The number of carbonyl (C=O) groups is 2. The van der Waals surface area contributed by atoms with Gasteiger partial charge in [0.05, 0.1) is 6.10 Å². The molecule has 0 aliphatic carbocycles.